The normalized spacial score (nSPS) is 12.9. The molecule has 2 rings (SSSR count). The van der Waals surface area contributed by atoms with Gasteiger partial charge >= 0.3 is 5.97 Å². The molecule has 7 heteroatoms. The molecule has 0 saturated heterocycles. The number of thioether (sulfide) groups is 1. The molecule has 0 aliphatic carbocycles. The van der Waals surface area contributed by atoms with Crippen LogP contribution < -0.4 is 5.32 Å². The summed E-state index contributed by atoms with van der Waals surface area (Å²) in [6, 6.07) is 11.4. The number of hydrogen-bond acceptors (Lipinski definition) is 4. The van der Waals surface area contributed by atoms with Gasteiger partial charge < -0.3 is 10.1 Å². The molecule has 0 radical (unpaired) electrons. The van der Waals surface area contributed by atoms with E-state index in [1.165, 1.54) is 17.8 Å². The van der Waals surface area contributed by atoms with E-state index in [1.54, 1.807) is 36.4 Å². The first-order chi connectivity index (χ1) is 13.8. The van der Waals surface area contributed by atoms with Gasteiger partial charge in [0.05, 0.1) is 11.8 Å². The fourth-order valence-electron chi connectivity index (χ4n) is 2.50. The molecule has 2 aromatic rings. The molecule has 1 amide bonds. The summed E-state index contributed by atoms with van der Waals surface area (Å²) in [7, 11) is 0. The van der Waals surface area contributed by atoms with Gasteiger partial charge in [-0.15, -0.1) is 11.8 Å². The van der Waals surface area contributed by atoms with Crippen LogP contribution in [-0.2, 0) is 9.53 Å². The van der Waals surface area contributed by atoms with Crippen LogP contribution in [0.5, 0.6) is 0 Å². The monoisotopic (exact) mass is 481 g/mol. The zero-order valence-electron chi connectivity index (χ0n) is 16.7. The van der Waals surface area contributed by atoms with Crippen molar-refractivity contribution in [3.8, 4) is 0 Å². The molecule has 2 unspecified atom stereocenters. The molecule has 0 heterocycles. The van der Waals surface area contributed by atoms with E-state index in [0.29, 0.717) is 21.4 Å². The number of esters is 1. The minimum Gasteiger partial charge on any atom is -0.462 e. The predicted octanol–water partition coefficient (Wildman–Crippen LogP) is 6.44. The molecule has 0 saturated carbocycles. The summed E-state index contributed by atoms with van der Waals surface area (Å²) >= 11 is 4.67. The van der Waals surface area contributed by atoms with Crippen LogP contribution in [0, 0.1) is 5.82 Å². The molecule has 0 aliphatic heterocycles. The van der Waals surface area contributed by atoms with Crippen molar-refractivity contribution in [2.24, 2.45) is 0 Å². The number of hydrogen-bond donors (Lipinski definition) is 1. The molecular weight excluding hydrogens is 457 g/mol. The summed E-state index contributed by atoms with van der Waals surface area (Å²) in [5, 5.41) is 2.20. The Kier molecular flexibility index (Phi) is 9.17. The second kappa shape index (κ2) is 11.4. The summed E-state index contributed by atoms with van der Waals surface area (Å²) < 4.78 is 20.4. The molecule has 0 aliphatic rings. The Balaban J connectivity index is 2.22. The summed E-state index contributed by atoms with van der Waals surface area (Å²) in [5.41, 5.74) is 0.500. The molecule has 0 spiro atoms. The smallest absolute Gasteiger partial charge is 0.319 e. The highest BCUT2D eigenvalue weighted by atomic mass is 79.9. The number of anilines is 1. The van der Waals surface area contributed by atoms with Gasteiger partial charge in [-0.1, -0.05) is 38.5 Å². The minimum atomic E-state index is -0.556. The van der Waals surface area contributed by atoms with Gasteiger partial charge in [0.25, 0.3) is 5.91 Å². The van der Waals surface area contributed by atoms with Crippen LogP contribution in [0.1, 0.15) is 50.4 Å². The molecule has 156 valence electrons. The molecule has 0 aromatic heterocycles. The van der Waals surface area contributed by atoms with Gasteiger partial charge in [0.1, 0.15) is 11.1 Å². The van der Waals surface area contributed by atoms with Crippen molar-refractivity contribution in [1.82, 2.24) is 0 Å². The Labute approximate surface area is 183 Å². The third kappa shape index (κ3) is 6.85. The van der Waals surface area contributed by atoms with E-state index in [-0.39, 0.29) is 17.8 Å². The van der Waals surface area contributed by atoms with Crippen LogP contribution in [-0.4, -0.2) is 23.2 Å². The SMILES string of the molecule is CCCC(Sc1cc(NC(=O)c2ccccc2)c(F)cc1Br)C(=O)OC(C)CC. The summed E-state index contributed by atoms with van der Waals surface area (Å²) in [6.07, 6.45) is 2.03. The fourth-order valence-corrected chi connectivity index (χ4v) is 4.26. The molecule has 0 fully saturated rings. The zero-order chi connectivity index (χ0) is 21.4. The largest absolute Gasteiger partial charge is 0.462 e. The lowest BCUT2D eigenvalue weighted by Gasteiger charge is -2.19. The van der Waals surface area contributed by atoms with Crippen LogP contribution >= 0.6 is 27.7 Å². The van der Waals surface area contributed by atoms with Crippen LogP contribution in [0.3, 0.4) is 0 Å². The van der Waals surface area contributed by atoms with Gasteiger partial charge in [-0.05, 0) is 60.0 Å². The molecule has 1 N–H and O–H groups in total. The highest BCUT2D eigenvalue weighted by molar-refractivity contribution is 9.10. The molecule has 0 bridgehead atoms. The average molecular weight is 482 g/mol. The molecule has 4 nitrogen and oxygen atoms in total. The Morgan fingerprint density at radius 3 is 2.52 bits per heavy atom. The summed E-state index contributed by atoms with van der Waals surface area (Å²) in [6.45, 7) is 5.81. The summed E-state index contributed by atoms with van der Waals surface area (Å²) in [5.74, 6) is -1.24. The number of benzene rings is 2. The zero-order valence-corrected chi connectivity index (χ0v) is 19.1. The van der Waals surface area contributed by atoms with Crippen molar-refractivity contribution in [2.75, 3.05) is 5.32 Å². The van der Waals surface area contributed by atoms with E-state index < -0.39 is 17.0 Å². The van der Waals surface area contributed by atoms with Gasteiger partial charge in [0, 0.05) is 14.9 Å². The lowest BCUT2D eigenvalue weighted by atomic mass is 10.2. The van der Waals surface area contributed by atoms with Crippen LogP contribution in [0.25, 0.3) is 0 Å². The topological polar surface area (TPSA) is 55.4 Å². The van der Waals surface area contributed by atoms with E-state index in [9.17, 15) is 14.0 Å². The quantitative estimate of drug-likeness (QED) is 0.330. The number of halogens is 2. The number of amides is 1. The van der Waals surface area contributed by atoms with Crippen molar-refractivity contribution in [3.05, 3.63) is 58.3 Å². The first kappa shape index (κ1) is 23.4. The van der Waals surface area contributed by atoms with E-state index >= 15 is 0 Å². The second-order valence-electron chi connectivity index (χ2n) is 6.63. The van der Waals surface area contributed by atoms with Gasteiger partial charge in [-0.2, -0.15) is 0 Å². The van der Waals surface area contributed by atoms with E-state index in [2.05, 4.69) is 21.2 Å². The van der Waals surface area contributed by atoms with Crippen molar-refractivity contribution < 1.29 is 18.7 Å². The average Bonchev–Trinajstić information content (AvgIpc) is 2.71. The third-order valence-electron chi connectivity index (χ3n) is 4.28. The van der Waals surface area contributed by atoms with Crippen molar-refractivity contribution in [2.45, 2.75) is 56.3 Å². The van der Waals surface area contributed by atoms with Crippen molar-refractivity contribution in [3.63, 3.8) is 0 Å². The van der Waals surface area contributed by atoms with E-state index in [1.807, 2.05) is 20.8 Å². The number of carbonyl (C=O) groups excluding carboxylic acids is 2. The highest BCUT2D eigenvalue weighted by Crippen LogP contribution is 2.36. The maximum absolute atomic E-state index is 14.4. The molecule has 2 atom stereocenters. The molecular formula is C22H25BrFNO3S. The standard InChI is InChI=1S/C22H25BrFNO3S/c1-4-9-19(22(27)28-14(3)5-2)29-20-13-18(17(24)12-16(20)23)25-21(26)15-10-7-6-8-11-15/h6-8,10-14,19H,4-5,9H2,1-3H3,(H,25,26). The second-order valence-corrected chi connectivity index (χ2v) is 8.73. The third-order valence-corrected chi connectivity index (χ3v) is 6.50. The maximum atomic E-state index is 14.4. The molecule has 2 aromatic carbocycles. The molecule has 29 heavy (non-hydrogen) atoms. The number of rotatable bonds is 9. The Bertz CT molecular complexity index is 847. The lowest BCUT2D eigenvalue weighted by molar-refractivity contribution is -0.147. The minimum absolute atomic E-state index is 0.0649. The Morgan fingerprint density at radius 2 is 1.90 bits per heavy atom. The van der Waals surface area contributed by atoms with Gasteiger partial charge in [0.15, 0.2) is 0 Å². The van der Waals surface area contributed by atoms with Crippen molar-refractivity contribution in [1.29, 1.82) is 0 Å². The lowest BCUT2D eigenvalue weighted by Crippen LogP contribution is -2.24. The van der Waals surface area contributed by atoms with E-state index in [4.69, 9.17) is 4.74 Å². The van der Waals surface area contributed by atoms with Crippen molar-refractivity contribution >= 4 is 45.3 Å². The maximum Gasteiger partial charge on any atom is 0.319 e. The Hall–Kier alpha value is -1.86. The van der Waals surface area contributed by atoms with Crippen LogP contribution in [0.15, 0.2) is 51.8 Å². The van der Waals surface area contributed by atoms with Gasteiger partial charge in [-0.3, -0.25) is 9.59 Å². The Morgan fingerprint density at radius 1 is 1.21 bits per heavy atom. The summed E-state index contributed by atoms with van der Waals surface area (Å²) in [4.78, 5) is 25.6. The number of ether oxygens (including phenoxy) is 1. The number of nitrogens with one attached hydrogen (secondary N) is 1. The van der Waals surface area contributed by atoms with Crippen LogP contribution in [0.4, 0.5) is 10.1 Å². The number of carbonyl (C=O) groups is 2. The van der Waals surface area contributed by atoms with E-state index in [0.717, 1.165) is 12.8 Å². The van der Waals surface area contributed by atoms with Gasteiger partial charge in [-0.25, -0.2) is 4.39 Å². The predicted molar refractivity (Wildman–Crippen MR) is 119 cm³/mol. The first-order valence-electron chi connectivity index (χ1n) is 9.58. The first-order valence-corrected chi connectivity index (χ1v) is 11.3. The fraction of sp³-hybridized carbons (Fsp3) is 0.364. The van der Waals surface area contributed by atoms with Gasteiger partial charge in [0.2, 0.25) is 0 Å². The van der Waals surface area contributed by atoms with Crippen LogP contribution in [0.2, 0.25) is 0 Å². The highest BCUT2D eigenvalue weighted by Gasteiger charge is 2.24.